The zero-order valence-corrected chi connectivity index (χ0v) is 22.4. The molecule has 196 valence electrons. The highest BCUT2D eigenvalue weighted by Crippen LogP contribution is 2.30. The highest BCUT2D eigenvalue weighted by Gasteiger charge is 2.10. The molecule has 0 radical (unpaired) electrons. The molecule has 3 aromatic heterocycles. The van der Waals surface area contributed by atoms with Crippen molar-refractivity contribution in [1.29, 1.82) is 0 Å². The first-order valence-corrected chi connectivity index (χ1v) is 14.1. The summed E-state index contributed by atoms with van der Waals surface area (Å²) in [5, 5.41) is 6.73. The number of sulfone groups is 1. The Morgan fingerprint density at radius 1 is 1.08 bits per heavy atom. The van der Waals surface area contributed by atoms with Crippen LogP contribution in [0.3, 0.4) is 0 Å². The number of halogens is 1. The van der Waals surface area contributed by atoms with Gasteiger partial charge in [-0.25, -0.2) is 18.4 Å². The molecule has 9 nitrogen and oxygen atoms in total. The number of pyridine rings is 1. The van der Waals surface area contributed by atoms with Crippen LogP contribution in [-0.4, -0.2) is 41.9 Å². The molecule has 0 bridgehead atoms. The van der Waals surface area contributed by atoms with Crippen molar-refractivity contribution in [3.05, 3.63) is 94.5 Å². The summed E-state index contributed by atoms with van der Waals surface area (Å²) in [7, 11) is -3.01. The van der Waals surface area contributed by atoms with E-state index < -0.39 is 9.84 Å². The van der Waals surface area contributed by atoms with Crippen molar-refractivity contribution in [2.45, 2.75) is 20.1 Å². The van der Waals surface area contributed by atoms with Gasteiger partial charge in [-0.3, -0.25) is 4.98 Å². The minimum atomic E-state index is -3.01. The average Bonchev–Trinajstić information content (AvgIpc) is 3.33. The summed E-state index contributed by atoms with van der Waals surface area (Å²) >= 11 is 6.45. The Bertz CT molecular complexity index is 1560. The molecule has 0 amide bonds. The molecule has 0 saturated heterocycles. The number of anilines is 2. The van der Waals surface area contributed by atoms with Gasteiger partial charge in [-0.15, -0.1) is 0 Å². The molecule has 4 rings (SSSR count). The zero-order chi connectivity index (χ0) is 27.0. The van der Waals surface area contributed by atoms with Gasteiger partial charge in [-0.05, 0) is 55.3 Å². The van der Waals surface area contributed by atoms with Gasteiger partial charge >= 0.3 is 0 Å². The third-order valence-electron chi connectivity index (χ3n) is 5.25. The van der Waals surface area contributed by atoms with E-state index in [0.717, 1.165) is 5.69 Å². The van der Waals surface area contributed by atoms with Crippen LogP contribution in [0.25, 0.3) is 0 Å². The lowest BCUT2D eigenvalue weighted by Gasteiger charge is -2.12. The number of benzene rings is 1. The van der Waals surface area contributed by atoms with E-state index in [1.54, 1.807) is 30.5 Å². The van der Waals surface area contributed by atoms with Crippen LogP contribution in [0.15, 0.2) is 65.5 Å². The maximum atomic E-state index is 11.2. The minimum Gasteiger partial charge on any atom is -0.486 e. The molecule has 3 heterocycles. The number of aromatic nitrogens is 3. The van der Waals surface area contributed by atoms with E-state index in [4.69, 9.17) is 20.8 Å². The number of furan rings is 1. The van der Waals surface area contributed by atoms with Crippen molar-refractivity contribution in [3.63, 3.8) is 0 Å². The third-order valence-corrected chi connectivity index (χ3v) is 6.50. The molecular weight excluding hydrogens is 526 g/mol. The average molecular weight is 552 g/mol. The first-order chi connectivity index (χ1) is 18.3. The summed E-state index contributed by atoms with van der Waals surface area (Å²) in [5.74, 6) is 8.35. The molecule has 11 heteroatoms. The molecule has 0 spiro atoms. The molecular formula is C27H26ClN5O4S. The van der Waals surface area contributed by atoms with Gasteiger partial charge in [0.1, 0.15) is 40.1 Å². The van der Waals surface area contributed by atoms with Crippen molar-refractivity contribution >= 4 is 32.9 Å². The first-order valence-electron chi connectivity index (χ1n) is 11.7. The summed E-state index contributed by atoms with van der Waals surface area (Å²) in [6.45, 7) is 2.90. The lowest BCUT2D eigenvalue weighted by Crippen LogP contribution is -2.21. The van der Waals surface area contributed by atoms with Gasteiger partial charge in [0.15, 0.2) is 5.76 Å². The second-order valence-electron chi connectivity index (χ2n) is 8.39. The molecule has 0 atom stereocenters. The molecule has 0 fully saturated rings. The van der Waals surface area contributed by atoms with Gasteiger partial charge in [0, 0.05) is 24.7 Å². The number of ether oxygens (including phenoxy) is 1. The quantitative estimate of drug-likeness (QED) is 0.220. The van der Waals surface area contributed by atoms with Crippen molar-refractivity contribution in [3.8, 4) is 17.6 Å². The lowest BCUT2D eigenvalue weighted by atomic mass is 10.2. The number of rotatable bonds is 10. The predicted molar refractivity (Wildman–Crippen MR) is 146 cm³/mol. The van der Waals surface area contributed by atoms with Crippen LogP contribution in [0.4, 0.5) is 11.5 Å². The third kappa shape index (κ3) is 8.05. The predicted octanol–water partition coefficient (Wildman–Crippen LogP) is 4.28. The lowest BCUT2D eigenvalue weighted by molar-refractivity contribution is 0.301. The number of hydrogen-bond acceptors (Lipinski definition) is 9. The maximum Gasteiger partial charge on any atom is 0.177 e. The van der Waals surface area contributed by atoms with Crippen molar-refractivity contribution in [2.75, 3.05) is 23.9 Å². The molecule has 0 aliphatic carbocycles. The van der Waals surface area contributed by atoms with E-state index in [9.17, 15) is 8.42 Å². The molecule has 38 heavy (non-hydrogen) atoms. The summed E-state index contributed by atoms with van der Waals surface area (Å²) in [6.07, 6.45) is 4.38. The van der Waals surface area contributed by atoms with Crippen LogP contribution >= 0.6 is 11.6 Å². The van der Waals surface area contributed by atoms with Gasteiger partial charge in [-0.2, -0.15) is 0 Å². The Labute approximate surface area is 226 Å². The standard InChI is InChI=1S/C27H26ClN5O4S/c1-19-24(10-9-22-7-8-23(37-22)16-29-13-14-38(2,34)35)27(32-18-31-19)33-20-6-11-26(25(28)15-20)36-17-21-5-3-4-12-30-21/h3-8,11-12,15,18,29H,13-14,16-17H2,1-2H3,(H,31,32,33). The Morgan fingerprint density at radius 2 is 1.95 bits per heavy atom. The SMILES string of the molecule is Cc1ncnc(Nc2ccc(OCc3ccccn3)c(Cl)c2)c1C#Cc1ccc(CNCCS(C)(=O)=O)o1. The van der Waals surface area contributed by atoms with E-state index >= 15 is 0 Å². The van der Waals surface area contributed by atoms with E-state index in [-0.39, 0.29) is 5.75 Å². The van der Waals surface area contributed by atoms with E-state index in [1.807, 2.05) is 31.2 Å². The van der Waals surface area contributed by atoms with Crippen LogP contribution in [0.2, 0.25) is 5.02 Å². The maximum absolute atomic E-state index is 11.2. The molecule has 0 aliphatic heterocycles. The molecule has 0 unspecified atom stereocenters. The number of nitrogens with one attached hydrogen (secondary N) is 2. The zero-order valence-electron chi connectivity index (χ0n) is 20.9. The summed E-state index contributed by atoms with van der Waals surface area (Å²) in [5.41, 5.74) is 2.83. The van der Waals surface area contributed by atoms with Crippen LogP contribution in [0, 0.1) is 18.8 Å². The molecule has 1 aromatic carbocycles. The number of nitrogens with zero attached hydrogens (tertiary/aromatic N) is 3. The number of aryl methyl sites for hydroxylation is 1. The van der Waals surface area contributed by atoms with Gasteiger partial charge in [0.2, 0.25) is 0 Å². The number of hydrogen-bond donors (Lipinski definition) is 2. The second kappa shape index (κ2) is 12.6. The van der Waals surface area contributed by atoms with Gasteiger partial charge < -0.3 is 19.8 Å². The molecule has 4 aromatic rings. The normalized spacial score (nSPS) is 11.0. The summed E-state index contributed by atoms with van der Waals surface area (Å²) in [4.78, 5) is 12.9. The molecule has 0 saturated carbocycles. The van der Waals surface area contributed by atoms with Gasteiger partial charge in [0.25, 0.3) is 0 Å². The Morgan fingerprint density at radius 3 is 2.71 bits per heavy atom. The van der Waals surface area contributed by atoms with Crippen LogP contribution < -0.4 is 15.4 Å². The second-order valence-corrected chi connectivity index (χ2v) is 11.1. The van der Waals surface area contributed by atoms with Crippen LogP contribution in [0.5, 0.6) is 5.75 Å². The minimum absolute atomic E-state index is 0.0650. The molecule has 0 aliphatic rings. The van der Waals surface area contributed by atoms with Crippen molar-refractivity contribution in [1.82, 2.24) is 20.3 Å². The van der Waals surface area contributed by atoms with Crippen molar-refractivity contribution < 1.29 is 17.6 Å². The Kier molecular flexibility index (Phi) is 8.97. The van der Waals surface area contributed by atoms with Crippen LogP contribution in [0.1, 0.15) is 28.5 Å². The topological polar surface area (TPSA) is 119 Å². The van der Waals surface area contributed by atoms with Gasteiger partial charge in [0.05, 0.1) is 34.3 Å². The fourth-order valence-corrected chi connectivity index (χ4v) is 4.07. The van der Waals surface area contributed by atoms with Gasteiger partial charge in [-0.1, -0.05) is 23.6 Å². The first kappa shape index (κ1) is 27.1. The Hall–Kier alpha value is -3.91. The largest absolute Gasteiger partial charge is 0.486 e. The highest BCUT2D eigenvalue weighted by molar-refractivity contribution is 7.90. The van der Waals surface area contributed by atoms with Crippen molar-refractivity contribution in [2.24, 2.45) is 0 Å². The fourth-order valence-electron chi connectivity index (χ4n) is 3.32. The van der Waals surface area contributed by atoms with E-state index in [2.05, 4.69) is 37.4 Å². The summed E-state index contributed by atoms with van der Waals surface area (Å²) < 4.78 is 34.0. The van der Waals surface area contributed by atoms with E-state index in [1.165, 1.54) is 12.6 Å². The van der Waals surface area contributed by atoms with E-state index in [0.29, 0.717) is 64.8 Å². The monoisotopic (exact) mass is 551 g/mol. The molecule has 2 N–H and O–H groups in total. The summed E-state index contributed by atoms with van der Waals surface area (Å²) in [6, 6.07) is 14.6. The smallest absolute Gasteiger partial charge is 0.177 e. The fraction of sp³-hybridized carbons (Fsp3) is 0.222. The van der Waals surface area contributed by atoms with Crippen LogP contribution in [-0.2, 0) is 23.0 Å². The Balaban J connectivity index is 1.42. The highest BCUT2D eigenvalue weighted by atomic mass is 35.5.